The third-order valence-electron chi connectivity index (χ3n) is 4.76. The van der Waals surface area contributed by atoms with Crippen LogP contribution in [0.2, 0.25) is 0 Å². The molecule has 3 aromatic carbocycles. The molecule has 0 aliphatic rings. The van der Waals surface area contributed by atoms with E-state index in [1.165, 1.54) is 4.31 Å². The van der Waals surface area contributed by atoms with E-state index in [9.17, 15) is 13.2 Å². The van der Waals surface area contributed by atoms with E-state index in [1.54, 1.807) is 42.5 Å². The first-order chi connectivity index (χ1) is 14.4. The van der Waals surface area contributed by atoms with Crippen molar-refractivity contribution >= 4 is 21.6 Å². The van der Waals surface area contributed by atoms with E-state index >= 15 is 0 Å². The largest absolute Gasteiger partial charge is 0.354 e. The number of amides is 1. The smallest absolute Gasteiger partial charge is 0.264 e. The van der Waals surface area contributed by atoms with Crippen LogP contribution in [0.15, 0.2) is 83.8 Å². The van der Waals surface area contributed by atoms with Crippen molar-refractivity contribution in [1.29, 1.82) is 0 Å². The van der Waals surface area contributed by atoms with Gasteiger partial charge in [-0.3, -0.25) is 9.10 Å². The highest BCUT2D eigenvalue weighted by Crippen LogP contribution is 2.24. The number of sulfonamides is 1. The summed E-state index contributed by atoms with van der Waals surface area (Å²) in [6.45, 7) is 3.94. The van der Waals surface area contributed by atoms with Gasteiger partial charge < -0.3 is 5.32 Å². The molecular formula is C24H26N2O3S. The summed E-state index contributed by atoms with van der Waals surface area (Å²) >= 11 is 0. The fourth-order valence-corrected chi connectivity index (χ4v) is 4.53. The molecule has 5 nitrogen and oxygen atoms in total. The van der Waals surface area contributed by atoms with Crippen LogP contribution in [0.4, 0.5) is 5.69 Å². The molecule has 0 atom stereocenters. The maximum atomic E-state index is 13.3. The first kappa shape index (κ1) is 21.6. The van der Waals surface area contributed by atoms with Gasteiger partial charge in [0.1, 0.15) is 6.54 Å². The minimum Gasteiger partial charge on any atom is -0.354 e. The SMILES string of the molecule is Cc1ccc(S(=O)(=O)N(CC(=O)NCCc2ccccc2)c2cccc(C)c2)cc1. The standard InChI is InChI=1S/C24H26N2O3S/c1-19-11-13-23(14-12-19)30(28,29)26(22-10-6-7-20(2)17-22)18-24(27)25-16-15-21-8-4-3-5-9-21/h3-14,17H,15-16,18H2,1-2H3,(H,25,27). The zero-order valence-corrected chi connectivity index (χ0v) is 18.0. The Kier molecular flexibility index (Phi) is 6.90. The van der Waals surface area contributed by atoms with Crippen LogP contribution >= 0.6 is 0 Å². The average Bonchev–Trinajstić information content (AvgIpc) is 2.73. The molecule has 3 rings (SSSR count). The van der Waals surface area contributed by atoms with Gasteiger partial charge in [0.25, 0.3) is 10.0 Å². The maximum Gasteiger partial charge on any atom is 0.264 e. The van der Waals surface area contributed by atoms with E-state index in [-0.39, 0.29) is 17.3 Å². The summed E-state index contributed by atoms with van der Waals surface area (Å²) in [7, 11) is -3.89. The number of nitrogens with zero attached hydrogens (tertiary/aromatic N) is 1. The molecule has 0 aliphatic heterocycles. The van der Waals surface area contributed by atoms with Crippen LogP contribution in [0.3, 0.4) is 0 Å². The molecule has 0 saturated heterocycles. The van der Waals surface area contributed by atoms with Crippen molar-refractivity contribution in [2.24, 2.45) is 0 Å². The number of rotatable bonds is 8. The third-order valence-corrected chi connectivity index (χ3v) is 6.55. The van der Waals surface area contributed by atoms with E-state index in [2.05, 4.69) is 5.32 Å². The number of anilines is 1. The van der Waals surface area contributed by atoms with Gasteiger partial charge in [-0.15, -0.1) is 0 Å². The van der Waals surface area contributed by atoms with Crippen LogP contribution in [0.5, 0.6) is 0 Å². The number of hydrogen-bond donors (Lipinski definition) is 1. The molecule has 0 aliphatic carbocycles. The minimum absolute atomic E-state index is 0.159. The highest BCUT2D eigenvalue weighted by atomic mass is 32.2. The van der Waals surface area contributed by atoms with Crippen LogP contribution in [0.25, 0.3) is 0 Å². The molecule has 6 heteroatoms. The van der Waals surface area contributed by atoms with Crippen LogP contribution in [0, 0.1) is 13.8 Å². The molecule has 0 aromatic heterocycles. The van der Waals surface area contributed by atoms with Crippen molar-refractivity contribution in [3.05, 3.63) is 95.6 Å². The molecule has 0 spiro atoms. The summed E-state index contributed by atoms with van der Waals surface area (Å²) in [5.41, 5.74) is 3.46. The number of benzene rings is 3. The van der Waals surface area contributed by atoms with E-state index < -0.39 is 10.0 Å². The zero-order valence-electron chi connectivity index (χ0n) is 17.2. The summed E-state index contributed by atoms with van der Waals surface area (Å²) < 4.78 is 27.8. The molecule has 1 amide bonds. The predicted molar refractivity (Wildman–Crippen MR) is 120 cm³/mol. The molecule has 156 valence electrons. The van der Waals surface area contributed by atoms with Gasteiger partial charge in [0, 0.05) is 6.54 Å². The molecule has 0 fully saturated rings. The molecule has 0 bridgehead atoms. The van der Waals surface area contributed by atoms with Gasteiger partial charge in [0.2, 0.25) is 5.91 Å². The van der Waals surface area contributed by atoms with Crippen LogP contribution in [-0.2, 0) is 21.2 Å². The first-order valence-electron chi connectivity index (χ1n) is 9.83. The summed E-state index contributed by atoms with van der Waals surface area (Å²) in [6, 6.07) is 23.6. The second kappa shape index (κ2) is 9.59. The Morgan fingerprint density at radius 3 is 2.23 bits per heavy atom. The molecule has 0 radical (unpaired) electrons. The Morgan fingerprint density at radius 2 is 1.57 bits per heavy atom. The Balaban J connectivity index is 1.79. The lowest BCUT2D eigenvalue weighted by Crippen LogP contribution is -2.41. The fraction of sp³-hybridized carbons (Fsp3) is 0.208. The number of nitrogens with one attached hydrogen (secondary N) is 1. The summed E-state index contributed by atoms with van der Waals surface area (Å²) in [5.74, 6) is -0.344. The third kappa shape index (κ3) is 5.48. The quantitative estimate of drug-likeness (QED) is 0.599. The van der Waals surface area contributed by atoms with E-state index in [0.29, 0.717) is 18.7 Å². The van der Waals surface area contributed by atoms with Crippen LogP contribution in [-0.4, -0.2) is 27.4 Å². The Hall–Kier alpha value is -3.12. The molecule has 0 heterocycles. The predicted octanol–water partition coefficient (Wildman–Crippen LogP) is 3.86. The minimum atomic E-state index is -3.89. The van der Waals surface area contributed by atoms with E-state index in [4.69, 9.17) is 0 Å². The van der Waals surface area contributed by atoms with Gasteiger partial charge in [-0.2, -0.15) is 0 Å². The normalized spacial score (nSPS) is 11.1. The van der Waals surface area contributed by atoms with Gasteiger partial charge in [-0.05, 0) is 55.7 Å². The number of aryl methyl sites for hydroxylation is 2. The number of carbonyl (C=O) groups is 1. The van der Waals surface area contributed by atoms with Crippen molar-refractivity contribution < 1.29 is 13.2 Å². The Bertz CT molecular complexity index is 1090. The molecule has 3 aromatic rings. The topological polar surface area (TPSA) is 66.5 Å². The second-order valence-electron chi connectivity index (χ2n) is 7.25. The number of carbonyl (C=O) groups excluding carboxylic acids is 1. The van der Waals surface area contributed by atoms with Gasteiger partial charge in [0.15, 0.2) is 0 Å². The Labute approximate surface area is 178 Å². The second-order valence-corrected chi connectivity index (χ2v) is 9.11. The molecule has 0 saturated carbocycles. The fourth-order valence-electron chi connectivity index (χ4n) is 3.11. The van der Waals surface area contributed by atoms with Crippen molar-refractivity contribution in [2.75, 3.05) is 17.4 Å². The van der Waals surface area contributed by atoms with Gasteiger partial charge >= 0.3 is 0 Å². The lowest BCUT2D eigenvalue weighted by molar-refractivity contribution is -0.119. The van der Waals surface area contributed by atoms with E-state index in [0.717, 1.165) is 16.7 Å². The van der Waals surface area contributed by atoms with Crippen molar-refractivity contribution in [1.82, 2.24) is 5.32 Å². The van der Waals surface area contributed by atoms with Crippen molar-refractivity contribution in [3.8, 4) is 0 Å². The Morgan fingerprint density at radius 1 is 0.867 bits per heavy atom. The number of hydrogen-bond acceptors (Lipinski definition) is 3. The zero-order chi connectivity index (χ0) is 21.6. The first-order valence-corrected chi connectivity index (χ1v) is 11.3. The van der Waals surface area contributed by atoms with Gasteiger partial charge in [-0.25, -0.2) is 8.42 Å². The van der Waals surface area contributed by atoms with Crippen molar-refractivity contribution in [3.63, 3.8) is 0 Å². The summed E-state index contributed by atoms with van der Waals surface area (Å²) in [5, 5.41) is 2.83. The highest BCUT2D eigenvalue weighted by molar-refractivity contribution is 7.92. The molecule has 1 N–H and O–H groups in total. The molecule has 30 heavy (non-hydrogen) atoms. The van der Waals surface area contributed by atoms with Crippen molar-refractivity contribution in [2.45, 2.75) is 25.2 Å². The summed E-state index contributed by atoms with van der Waals surface area (Å²) in [6.07, 6.45) is 0.682. The monoisotopic (exact) mass is 422 g/mol. The molecular weight excluding hydrogens is 396 g/mol. The lowest BCUT2D eigenvalue weighted by atomic mass is 10.1. The van der Waals surface area contributed by atoms with Gasteiger partial charge in [-0.1, -0.05) is 60.2 Å². The highest BCUT2D eigenvalue weighted by Gasteiger charge is 2.27. The molecule has 0 unspecified atom stereocenters. The van der Waals surface area contributed by atoms with Crippen LogP contribution < -0.4 is 9.62 Å². The van der Waals surface area contributed by atoms with Gasteiger partial charge in [0.05, 0.1) is 10.6 Å². The van der Waals surface area contributed by atoms with E-state index in [1.807, 2.05) is 50.2 Å². The summed E-state index contributed by atoms with van der Waals surface area (Å²) in [4.78, 5) is 12.8. The van der Waals surface area contributed by atoms with Crippen LogP contribution in [0.1, 0.15) is 16.7 Å². The maximum absolute atomic E-state index is 13.3. The lowest BCUT2D eigenvalue weighted by Gasteiger charge is -2.24. The average molecular weight is 423 g/mol.